The molecular formula is C25H21N3O7. The summed E-state index contributed by atoms with van der Waals surface area (Å²) in [4.78, 5) is 50.4. The second kappa shape index (κ2) is 10.4. The molecule has 1 aromatic heterocycles. The standard InChI is InChI=1S/C25H21N3O7/c1-33-21-13-16(9-10-20(21)35-15-22(29)26-17-6-3-2-4-7-17)12-19-23(30)27-25(32)28(24(19)31)14-18-8-5-11-34-18/h2-13H,14-15H2,1H3,(H,26,29)(H,27,30,32). The number of barbiturate groups is 1. The van der Waals surface area contributed by atoms with Gasteiger partial charge in [-0.1, -0.05) is 24.3 Å². The molecule has 4 rings (SSSR count). The van der Waals surface area contributed by atoms with Gasteiger partial charge in [-0.3, -0.25) is 24.6 Å². The maximum Gasteiger partial charge on any atom is 0.331 e. The van der Waals surface area contributed by atoms with Gasteiger partial charge in [0, 0.05) is 5.69 Å². The van der Waals surface area contributed by atoms with E-state index in [0.29, 0.717) is 28.5 Å². The molecule has 10 heteroatoms. The predicted octanol–water partition coefficient (Wildman–Crippen LogP) is 2.97. The molecule has 0 saturated carbocycles. The molecule has 0 radical (unpaired) electrons. The molecule has 1 saturated heterocycles. The average molecular weight is 475 g/mol. The van der Waals surface area contributed by atoms with Gasteiger partial charge in [0.05, 0.1) is 19.9 Å². The van der Waals surface area contributed by atoms with Crippen molar-refractivity contribution in [2.45, 2.75) is 6.54 Å². The number of nitrogens with one attached hydrogen (secondary N) is 2. The first-order valence-corrected chi connectivity index (χ1v) is 10.5. The quantitative estimate of drug-likeness (QED) is 0.379. The van der Waals surface area contributed by atoms with Gasteiger partial charge in [-0.15, -0.1) is 0 Å². The van der Waals surface area contributed by atoms with Crippen LogP contribution in [0.1, 0.15) is 11.3 Å². The Labute approximate surface area is 200 Å². The summed E-state index contributed by atoms with van der Waals surface area (Å²) < 4.78 is 16.1. The van der Waals surface area contributed by atoms with Crippen LogP contribution in [0.2, 0.25) is 0 Å². The molecule has 1 fully saturated rings. The Morgan fingerprint density at radius 2 is 1.86 bits per heavy atom. The summed E-state index contributed by atoms with van der Waals surface area (Å²) in [6.07, 6.45) is 2.76. The summed E-state index contributed by atoms with van der Waals surface area (Å²) in [5.41, 5.74) is 0.868. The zero-order valence-electron chi connectivity index (χ0n) is 18.6. The number of amides is 5. The van der Waals surface area contributed by atoms with Gasteiger partial charge < -0.3 is 19.2 Å². The van der Waals surface area contributed by atoms with Crippen molar-refractivity contribution in [2.24, 2.45) is 0 Å². The first-order chi connectivity index (χ1) is 16.9. The molecule has 0 spiro atoms. The van der Waals surface area contributed by atoms with E-state index in [-0.39, 0.29) is 24.6 Å². The van der Waals surface area contributed by atoms with Crippen molar-refractivity contribution in [3.8, 4) is 11.5 Å². The van der Waals surface area contributed by atoms with E-state index in [1.165, 1.54) is 19.4 Å². The Kier molecular flexibility index (Phi) is 6.91. The molecule has 1 aliphatic rings. The van der Waals surface area contributed by atoms with Gasteiger partial charge in [-0.05, 0) is 48.0 Å². The number of benzene rings is 2. The van der Waals surface area contributed by atoms with Gasteiger partial charge in [0.25, 0.3) is 17.7 Å². The molecule has 3 aromatic rings. The Bertz CT molecular complexity index is 1280. The van der Waals surface area contributed by atoms with Crippen LogP contribution < -0.4 is 20.1 Å². The highest BCUT2D eigenvalue weighted by Crippen LogP contribution is 2.29. The van der Waals surface area contributed by atoms with Gasteiger partial charge in [0.1, 0.15) is 11.3 Å². The number of ether oxygens (including phenoxy) is 2. The third-order valence-corrected chi connectivity index (χ3v) is 4.99. The molecule has 2 N–H and O–H groups in total. The number of urea groups is 1. The number of hydrogen-bond donors (Lipinski definition) is 2. The van der Waals surface area contributed by atoms with Gasteiger partial charge in [-0.2, -0.15) is 0 Å². The topological polar surface area (TPSA) is 127 Å². The molecule has 0 aliphatic carbocycles. The van der Waals surface area contributed by atoms with Crippen molar-refractivity contribution in [2.75, 3.05) is 19.0 Å². The third kappa shape index (κ3) is 5.56. The maximum atomic E-state index is 12.9. The van der Waals surface area contributed by atoms with E-state index in [1.54, 1.807) is 54.6 Å². The predicted molar refractivity (Wildman–Crippen MR) is 124 cm³/mol. The zero-order valence-corrected chi connectivity index (χ0v) is 18.6. The number of furan rings is 1. The van der Waals surface area contributed by atoms with Crippen molar-refractivity contribution < 1.29 is 33.1 Å². The van der Waals surface area contributed by atoms with E-state index in [9.17, 15) is 19.2 Å². The fourth-order valence-corrected chi connectivity index (χ4v) is 3.32. The van der Waals surface area contributed by atoms with Gasteiger partial charge in [0.2, 0.25) is 0 Å². The Hall–Kier alpha value is -4.86. The molecule has 2 heterocycles. The lowest BCUT2D eigenvalue weighted by Crippen LogP contribution is -2.53. The average Bonchev–Trinajstić information content (AvgIpc) is 3.37. The monoisotopic (exact) mass is 475 g/mol. The zero-order chi connectivity index (χ0) is 24.8. The molecule has 0 bridgehead atoms. The van der Waals surface area contributed by atoms with Gasteiger partial charge in [-0.25, -0.2) is 4.79 Å². The van der Waals surface area contributed by atoms with Crippen LogP contribution in [0.15, 0.2) is 76.9 Å². The van der Waals surface area contributed by atoms with E-state index in [2.05, 4.69) is 10.6 Å². The van der Waals surface area contributed by atoms with Crippen molar-refractivity contribution in [1.29, 1.82) is 0 Å². The number of nitrogens with zero attached hydrogens (tertiary/aromatic N) is 1. The van der Waals surface area contributed by atoms with Crippen LogP contribution in [0.4, 0.5) is 10.5 Å². The van der Waals surface area contributed by atoms with Crippen LogP contribution in [0.5, 0.6) is 11.5 Å². The minimum Gasteiger partial charge on any atom is -0.493 e. The van der Waals surface area contributed by atoms with Crippen LogP contribution >= 0.6 is 0 Å². The van der Waals surface area contributed by atoms with Crippen molar-refractivity contribution in [3.63, 3.8) is 0 Å². The lowest BCUT2D eigenvalue weighted by molar-refractivity contribution is -0.130. The summed E-state index contributed by atoms with van der Waals surface area (Å²) in [6, 6.07) is 16.1. The van der Waals surface area contributed by atoms with Crippen LogP contribution in [-0.2, 0) is 20.9 Å². The molecule has 10 nitrogen and oxygen atoms in total. The smallest absolute Gasteiger partial charge is 0.331 e. The lowest BCUT2D eigenvalue weighted by Gasteiger charge is -2.25. The second-order valence-electron chi connectivity index (χ2n) is 7.40. The van der Waals surface area contributed by atoms with E-state index >= 15 is 0 Å². The molecule has 178 valence electrons. The van der Waals surface area contributed by atoms with E-state index < -0.39 is 17.8 Å². The minimum atomic E-state index is -0.830. The number of carbonyl (C=O) groups is 4. The summed E-state index contributed by atoms with van der Waals surface area (Å²) >= 11 is 0. The van der Waals surface area contributed by atoms with Gasteiger partial charge >= 0.3 is 6.03 Å². The van der Waals surface area contributed by atoms with Crippen LogP contribution in [0, 0.1) is 0 Å². The first-order valence-electron chi connectivity index (χ1n) is 10.5. The molecule has 1 aliphatic heterocycles. The van der Waals surface area contributed by atoms with Crippen LogP contribution in [-0.4, -0.2) is 42.4 Å². The highest BCUT2D eigenvalue weighted by atomic mass is 16.5. The van der Waals surface area contributed by atoms with Crippen molar-refractivity contribution in [3.05, 3.63) is 83.8 Å². The highest BCUT2D eigenvalue weighted by molar-refractivity contribution is 6.30. The third-order valence-electron chi connectivity index (χ3n) is 4.99. The minimum absolute atomic E-state index is 0.122. The fourth-order valence-electron chi connectivity index (χ4n) is 3.32. The van der Waals surface area contributed by atoms with E-state index in [4.69, 9.17) is 13.9 Å². The Morgan fingerprint density at radius 1 is 1.06 bits per heavy atom. The number of rotatable bonds is 8. The maximum absolute atomic E-state index is 12.9. The number of para-hydroxylation sites is 1. The summed E-state index contributed by atoms with van der Waals surface area (Å²) in [5.74, 6) is -0.942. The molecule has 5 amide bonds. The van der Waals surface area contributed by atoms with E-state index in [1.807, 2.05) is 6.07 Å². The Balaban J connectivity index is 1.47. The van der Waals surface area contributed by atoms with E-state index in [0.717, 1.165) is 4.90 Å². The summed E-state index contributed by atoms with van der Waals surface area (Å²) in [7, 11) is 1.42. The Morgan fingerprint density at radius 3 is 2.57 bits per heavy atom. The molecular weight excluding hydrogens is 454 g/mol. The number of hydrogen-bond acceptors (Lipinski definition) is 7. The largest absolute Gasteiger partial charge is 0.493 e. The summed E-state index contributed by atoms with van der Waals surface area (Å²) in [5, 5.41) is 4.87. The van der Waals surface area contributed by atoms with Crippen LogP contribution in [0.3, 0.4) is 0 Å². The van der Waals surface area contributed by atoms with Crippen molar-refractivity contribution in [1.82, 2.24) is 10.2 Å². The molecule has 2 aromatic carbocycles. The highest BCUT2D eigenvalue weighted by Gasteiger charge is 2.36. The number of imide groups is 2. The normalized spacial score (nSPS) is 14.6. The second-order valence-corrected chi connectivity index (χ2v) is 7.40. The molecule has 0 unspecified atom stereocenters. The fraction of sp³-hybridized carbons (Fsp3) is 0.120. The number of anilines is 1. The SMILES string of the molecule is COc1cc(C=C2C(=O)NC(=O)N(Cc3ccco3)C2=O)ccc1OCC(=O)Nc1ccccc1. The molecule has 35 heavy (non-hydrogen) atoms. The van der Waals surface area contributed by atoms with Crippen molar-refractivity contribution >= 4 is 35.5 Å². The number of carbonyl (C=O) groups excluding carboxylic acids is 4. The molecule has 0 atom stereocenters. The van der Waals surface area contributed by atoms with Gasteiger partial charge in [0.15, 0.2) is 18.1 Å². The lowest BCUT2D eigenvalue weighted by atomic mass is 10.1. The first kappa shape index (κ1) is 23.3. The van der Waals surface area contributed by atoms with Crippen LogP contribution in [0.25, 0.3) is 6.08 Å². The number of methoxy groups -OCH3 is 1. The summed E-state index contributed by atoms with van der Waals surface area (Å²) in [6.45, 7) is -0.375.